The number of thiazole rings is 1. The predicted octanol–water partition coefficient (Wildman–Crippen LogP) is 4.77. The molecule has 0 aliphatic rings. The minimum absolute atomic E-state index is 0.0643. The van der Waals surface area contributed by atoms with Gasteiger partial charge in [0.25, 0.3) is 5.91 Å². The lowest BCUT2D eigenvalue weighted by molar-refractivity contribution is 0.0971. The summed E-state index contributed by atoms with van der Waals surface area (Å²) in [5.41, 5.74) is 2.31. The molecule has 8 heteroatoms. The Morgan fingerprint density at radius 3 is 2.55 bits per heavy atom. The quantitative estimate of drug-likeness (QED) is 0.452. The smallest absolute Gasteiger partial charge is 0.278 e. The van der Waals surface area contributed by atoms with E-state index in [0.717, 1.165) is 41.3 Å². The maximum atomic E-state index is 13.7. The number of anilines is 1. The number of rotatable bonds is 10. The van der Waals surface area contributed by atoms with Crippen LogP contribution in [0.2, 0.25) is 0 Å². The van der Waals surface area contributed by atoms with Gasteiger partial charge in [-0.25, -0.2) is 4.98 Å². The molecule has 2 heterocycles. The van der Waals surface area contributed by atoms with E-state index in [-0.39, 0.29) is 11.9 Å². The van der Waals surface area contributed by atoms with Gasteiger partial charge in [-0.15, -0.1) is 0 Å². The molecule has 0 radical (unpaired) electrons. The van der Waals surface area contributed by atoms with Crippen LogP contribution in [0.25, 0.3) is 10.2 Å². The van der Waals surface area contributed by atoms with Crippen molar-refractivity contribution in [1.29, 1.82) is 0 Å². The summed E-state index contributed by atoms with van der Waals surface area (Å²) in [7, 11) is 0. The first-order valence-electron chi connectivity index (χ1n) is 11.0. The topological polar surface area (TPSA) is 63.5 Å². The van der Waals surface area contributed by atoms with E-state index in [1.807, 2.05) is 56.6 Å². The molecule has 0 saturated heterocycles. The minimum Gasteiger partial charge on any atom is -0.494 e. The number of nitrogens with zero attached hydrogens (tertiary/aromatic N) is 5. The first kappa shape index (κ1) is 23.2. The molecule has 3 rings (SSSR count). The first-order valence-corrected chi connectivity index (χ1v) is 11.8. The van der Waals surface area contributed by atoms with Gasteiger partial charge in [-0.1, -0.05) is 25.2 Å². The van der Waals surface area contributed by atoms with E-state index in [4.69, 9.17) is 9.72 Å². The van der Waals surface area contributed by atoms with Crippen molar-refractivity contribution in [3.8, 4) is 5.75 Å². The van der Waals surface area contributed by atoms with Gasteiger partial charge >= 0.3 is 0 Å². The van der Waals surface area contributed by atoms with Crippen molar-refractivity contribution in [3.63, 3.8) is 0 Å². The van der Waals surface area contributed by atoms with Crippen molar-refractivity contribution in [2.24, 2.45) is 0 Å². The minimum atomic E-state index is -0.0643. The van der Waals surface area contributed by atoms with Crippen LogP contribution in [0.3, 0.4) is 0 Å². The Bertz CT molecular complexity index is 1020. The molecular weight excluding hydrogens is 410 g/mol. The number of fused-ring (bicyclic) bond motifs is 1. The van der Waals surface area contributed by atoms with Gasteiger partial charge in [0.05, 0.1) is 22.5 Å². The molecule has 168 valence electrons. The van der Waals surface area contributed by atoms with E-state index in [0.29, 0.717) is 24.0 Å². The lowest BCUT2D eigenvalue weighted by Crippen LogP contribution is -2.39. The molecular formula is C23H33N5O2S. The standard InChI is InChI=1S/C23H33N5O2S/c1-7-26(8-2)12-13-27(22(29)20-14-17(6)25-28(20)16(4)5)23-24-19-11-10-18(30-9-3)15-21(19)31-23/h10-11,14-16H,7-9,12-13H2,1-6H3. The van der Waals surface area contributed by atoms with Gasteiger partial charge in [-0.3, -0.25) is 14.4 Å². The lowest BCUT2D eigenvalue weighted by Gasteiger charge is -2.25. The van der Waals surface area contributed by atoms with Gasteiger partial charge in [0.1, 0.15) is 11.4 Å². The molecule has 0 aliphatic heterocycles. The second kappa shape index (κ2) is 10.2. The fraction of sp³-hybridized carbons (Fsp3) is 0.522. The summed E-state index contributed by atoms with van der Waals surface area (Å²) in [6, 6.07) is 7.84. The van der Waals surface area contributed by atoms with Crippen LogP contribution in [-0.2, 0) is 0 Å². The van der Waals surface area contributed by atoms with Crippen LogP contribution >= 0.6 is 11.3 Å². The van der Waals surface area contributed by atoms with E-state index in [2.05, 4.69) is 23.8 Å². The molecule has 3 aromatic rings. The van der Waals surface area contributed by atoms with Gasteiger partial charge in [0.2, 0.25) is 0 Å². The van der Waals surface area contributed by atoms with Crippen LogP contribution < -0.4 is 9.64 Å². The van der Waals surface area contributed by atoms with E-state index < -0.39 is 0 Å². The Balaban J connectivity index is 2.00. The maximum Gasteiger partial charge on any atom is 0.278 e. The monoisotopic (exact) mass is 443 g/mol. The van der Waals surface area contributed by atoms with Crippen LogP contribution in [0.1, 0.15) is 56.8 Å². The summed E-state index contributed by atoms with van der Waals surface area (Å²) in [5, 5.41) is 5.24. The van der Waals surface area contributed by atoms with E-state index in [1.165, 1.54) is 11.3 Å². The zero-order valence-corrected chi connectivity index (χ0v) is 20.2. The van der Waals surface area contributed by atoms with Crippen molar-refractivity contribution in [2.75, 3.05) is 37.7 Å². The third-order valence-corrected chi connectivity index (χ3v) is 6.28. The molecule has 0 bridgehead atoms. The normalized spacial score (nSPS) is 11.6. The molecule has 0 unspecified atom stereocenters. The van der Waals surface area contributed by atoms with Crippen LogP contribution in [0.5, 0.6) is 5.75 Å². The van der Waals surface area contributed by atoms with E-state index in [9.17, 15) is 4.79 Å². The number of carbonyl (C=O) groups is 1. The van der Waals surface area contributed by atoms with Gasteiger partial charge in [0, 0.05) is 19.1 Å². The van der Waals surface area contributed by atoms with Crippen LogP contribution in [0.15, 0.2) is 24.3 Å². The molecule has 0 atom stereocenters. The van der Waals surface area contributed by atoms with Crippen LogP contribution in [-0.4, -0.2) is 58.4 Å². The number of hydrogen-bond acceptors (Lipinski definition) is 6. The summed E-state index contributed by atoms with van der Waals surface area (Å²) in [5.74, 6) is 0.755. The van der Waals surface area contributed by atoms with Crippen LogP contribution in [0, 0.1) is 6.92 Å². The van der Waals surface area contributed by atoms with E-state index in [1.54, 1.807) is 4.90 Å². The molecule has 31 heavy (non-hydrogen) atoms. The average Bonchev–Trinajstić information content (AvgIpc) is 3.34. The number of hydrogen-bond donors (Lipinski definition) is 0. The third-order valence-electron chi connectivity index (χ3n) is 5.24. The Morgan fingerprint density at radius 1 is 1.16 bits per heavy atom. The summed E-state index contributed by atoms with van der Waals surface area (Å²) in [4.78, 5) is 22.6. The summed E-state index contributed by atoms with van der Waals surface area (Å²) in [6.45, 7) is 16.1. The summed E-state index contributed by atoms with van der Waals surface area (Å²) in [6.07, 6.45) is 0. The third kappa shape index (κ3) is 5.25. The molecule has 0 N–H and O–H groups in total. The maximum absolute atomic E-state index is 13.7. The van der Waals surface area contributed by atoms with Gasteiger partial charge < -0.3 is 9.64 Å². The molecule has 2 aromatic heterocycles. The van der Waals surface area contributed by atoms with Crippen molar-refractivity contribution < 1.29 is 9.53 Å². The molecule has 7 nitrogen and oxygen atoms in total. The van der Waals surface area contributed by atoms with Crippen LogP contribution in [0.4, 0.5) is 5.13 Å². The average molecular weight is 444 g/mol. The number of ether oxygens (including phenoxy) is 1. The summed E-state index contributed by atoms with van der Waals surface area (Å²) < 4.78 is 8.45. The number of aromatic nitrogens is 3. The number of likely N-dealkylation sites (N-methyl/N-ethyl adjacent to an activating group) is 1. The molecule has 1 amide bonds. The Labute approximate surface area is 188 Å². The van der Waals surface area contributed by atoms with Crippen molar-refractivity contribution in [1.82, 2.24) is 19.7 Å². The number of amides is 1. The molecule has 1 aromatic carbocycles. The highest BCUT2D eigenvalue weighted by atomic mass is 32.1. The number of aryl methyl sites for hydroxylation is 1. The highest BCUT2D eigenvalue weighted by Crippen LogP contribution is 2.32. The number of carbonyl (C=O) groups excluding carboxylic acids is 1. The predicted molar refractivity (Wildman–Crippen MR) is 128 cm³/mol. The van der Waals surface area contributed by atoms with Crippen molar-refractivity contribution >= 4 is 32.6 Å². The van der Waals surface area contributed by atoms with Crippen molar-refractivity contribution in [3.05, 3.63) is 35.7 Å². The van der Waals surface area contributed by atoms with Crippen molar-refractivity contribution in [2.45, 2.75) is 47.6 Å². The molecule has 0 aliphatic carbocycles. The second-order valence-corrected chi connectivity index (χ2v) is 8.76. The zero-order valence-electron chi connectivity index (χ0n) is 19.4. The highest BCUT2D eigenvalue weighted by molar-refractivity contribution is 7.22. The first-order chi connectivity index (χ1) is 14.9. The fourth-order valence-electron chi connectivity index (χ4n) is 3.54. The van der Waals surface area contributed by atoms with Gasteiger partial charge in [-0.05, 0) is 65.0 Å². The fourth-order valence-corrected chi connectivity index (χ4v) is 4.56. The SMILES string of the molecule is CCOc1ccc2nc(N(CCN(CC)CC)C(=O)c3cc(C)nn3C(C)C)sc2c1. The Hall–Kier alpha value is -2.45. The molecule has 0 saturated carbocycles. The van der Waals surface area contributed by atoms with E-state index >= 15 is 0 Å². The largest absolute Gasteiger partial charge is 0.494 e. The Kier molecular flexibility index (Phi) is 7.67. The molecule has 0 fully saturated rings. The Morgan fingerprint density at radius 2 is 1.90 bits per heavy atom. The summed E-state index contributed by atoms with van der Waals surface area (Å²) >= 11 is 1.52. The van der Waals surface area contributed by atoms with Gasteiger partial charge in [0.15, 0.2) is 5.13 Å². The number of benzene rings is 1. The van der Waals surface area contributed by atoms with Gasteiger partial charge in [-0.2, -0.15) is 5.10 Å². The lowest BCUT2D eigenvalue weighted by atomic mass is 10.3. The zero-order chi connectivity index (χ0) is 22.5. The highest BCUT2D eigenvalue weighted by Gasteiger charge is 2.26. The second-order valence-electron chi connectivity index (χ2n) is 7.75. The molecule has 0 spiro atoms.